The molecule has 0 bridgehead atoms. The molecule has 0 saturated heterocycles. The monoisotopic (exact) mass is 209 g/mol. The van der Waals surface area contributed by atoms with Gasteiger partial charge >= 0.3 is 0 Å². The van der Waals surface area contributed by atoms with Gasteiger partial charge < -0.3 is 5.32 Å². The molecular weight excluding hydrogens is 186 g/mol. The molecule has 1 N–H and O–H groups in total. The molecule has 3 heteroatoms. The third kappa shape index (κ3) is 3.06. The van der Waals surface area contributed by atoms with Crippen LogP contribution in [-0.2, 0) is 13.5 Å². The zero-order valence-corrected chi connectivity index (χ0v) is 10.5. The lowest BCUT2D eigenvalue weighted by atomic mass is 9.95. The molecule has 0 aliphatic rings. The summed E-state index contributed by atoms with van der Waals surface area (Å²) in [5.74, 6) is 0.699. The Labute approximate surface area is 92.9 Å². The molecule has 2 unspecified atom stereocenters. The summed E-state index contributed by atoms with van der Waals surface area (Å²) in [6.45, 7) is 6.58. The van der Waals surface area contributed by atoms with Crippen LogP contribution >= 0.6 is 0 Å². The molecule has 0 fully saturated rings. The Hall–Kier alpha value is -0.830. The molecular formula is C12H23N3. The fourth-order valence-corrected chi connectivity index (χ4v) is 1.95. The first kappa shape index (κ1) is 12.2. The van der Waals surface area contributed by atoms with E-state index in [1.165, 1.54) is 12.1 Å². The summed E-state index contributed by atoms with van der Waals surface area (Å²) in [7, 11) is 4.06. The Morgan fingerprint density at radius 1 is 1.53 bits per heavy atom. The van der Waals surface area contributed by atoms with Crippen molar-refractivity contribution in [3.05, 3.63) is 17.5 Å². The van der Waals surface area contributed by atoms with Crippen LogP contribution in [0.1, 0.15) is 31.7 Å². The van der Waals surface area contributed by atoms with Gasteiger partial charge in [0.25, 0.3) is 0 Å². The average Bonchev–Trinajstić information content (AvgIpc) is 2.52. The van der Waals surface area contributed by atoms with Gasteiger partial charge in [0, 0.05) is 25.2 Å². The van der Waals surface area contributed by atoms with Crippen molar-refractivity contribution in [1.82, 2.24) is 15.1 Å². The van der Waals surface area contributed by atoms with Crippen LogP contribution < -0.4 is 5.32 Å². The van der Waals surface area contributed by atoms with E-state index in [2.05, 4.69) is 30.3 Å². The van der Waals surface area contributed by atoms with Gasteiger partial charge in [-0.15, -0.1) is 0 Å². The molecule has 1 rings (SSSR count). The first-order valence-corrected chi connectivity index (χ1v) is 5.75. The smallest absolute Gasteiger partial charge is 0.0596 e. The van der Waals surface area contributed by atoms with Gasteiger partial charge in [0.2, 0.25) is 0 Å². The van der Waals surface area contributed by atoms with Crippen molar-refractivity contribution in [3.8, 4) is 0 Å². The van der Waals surface area contributed by atoms with E-state index in [1.807, 2.05) is 25.7 Å². The summed E-state index contributed by atoms with van der Waals surface area (Å²) in [6.07, 6.45) is 2.27. The first-order chi connectivity index (χ1) is 7.08. The van der Waals surface area contributed by atoms with Gasteiger partial charge in [-0.1, -0.05) is 20.3 Å². The molecule has 0 aliphatic heterocycles. The zero-order chi connectivity index (χ0) is 11.4. The highest BCUT2D eigenvalue weighted by Crippen LogP contribution is 2.13. The normalized spacial score (nSPS) is 15.3. The summed E-state index contributed by atoms with van der Waals surface area (Å²) in [4.78, 5) is 0. The second kappa shape index (κ2) is 5.31. The van der Waals surface area contributed by atoms with Gasteiger partial charge in [0.15, 0.2) is 0 Å². The fourth-order valence-electron chi connectivity index (χ4n) is 1.95. The second-order valence-corrected chi connectivity index (χ2v) is 4.39. The van der Waals surface area contributed by atoms with Crippen LogP contribution in [0, 0.1) is 12.8 Å². The van der Waals surface area contributed by atoms with E-state index < -0.39 is 0 Å². The van der Waals surface area contributed by atoms with E-state index in [4.69, 9.17) is 0 Å². The summed E-state index contributed by atoms with van der Waals surface area (Å²) in [5, 5.41) is 7.77. The van der Waals surface area contributed by atoms with Crippen molar-refractivity contribution >= 4 is 0 Å². The molecule has 0 amide bonds. The Kier molecular flexibility index (Phi) is 4.33. The van der Waals surface area contributed by atoms with Crippen molar-refractivity contribution in [2.45, 2.75) is 39.7 Å². The maximum Gasteiger partial charge on any atom is 0.0596 e. The minimum atomic E-state index is 0.546. The standard InChI is InChI=1S/C12H23N3/c1-6-9(2)12(13-4)8-11-7-10(3)14-15(11)5/h7,9,12-13H,6,8H2,1-5H3. The minimum absolute atomic E-state index is 0.546. The number of nitrogens with one attached hydrogen (secondary N) is 1. The fraction of sp³-hybridized carbons (Fsp3) is 0.750. The average molecular weight is 209 g/mol. The zero-order valence-electron chi connectivity index (χ0n) is 10.5. The van der Waals surface area contributed by atoms with E-state index >= 15 is 0 Å². The van der Waals surface area contributed by atoms with E-state index in [0.717, 1.165) is 12.1 Å². The van der Waals surface area contributed by atoms with Gasteiger partial charge in [-0.2, -0.15) is 5.10 Å². The van der Waals surface area contributed by atoms with Crippen LogP contribution in [0.2, 0.25) is 0 Å². The van der Waals surface area contributed by atoms with Gasteiger partial charge in [-0.25, -0.2) is 0 Å². The lowest BCUT2D eigenvalue weighted by Gasteiger charge is -2.22. The predicted molar refractivity (Wildman–Crippen MR) is 64.0 cm³/mol. The number of likely N-dealkylation sites (N-methyl/N-ethyl adjacent to an activating group) is 1. The Bertz CT molecular complexity index is 304. The maximum absolute atomic E-state index is 4.37. The number of aromatic nitrogens is 2. The van der Waals surface area contributed by atoms with E-state index in [-0.39, 0.29) is 0 Å². The van der Waals surface area contributed by atoms with Crippen molar-refractivity contribution in [2.24, 2.45) is 13.0 Å². The summed E-state index contributed by atoms with van der Waals surface area (Å²) in [5.41, 5.74) is 2.42. The van der Waals surface area contributed by atoms with Crippen LogP contribution in [0.4, 0.5) is 0 Å². The molecule has 1 aromatic rings. The maximum atomic E-state index is 4.37. The van der Waals surface area contributed by atoms with Crippen LogP contribution in [0.3, 0.4) is 0 Å². The van der Waals surface area contributed by atoms with E-state index in [1.54, 1.807) is 0 Å². The van der Waals surface area contributed by atoms with Gasteiger partial charge in [0.05, 0.1) is 5.69 Å². The predicted octanol–water partition coefficient (Wildman–Crippen LogP) is 1.91. The highest BCUT2D eigenvalue weighted by molar-refractivity contribution is 5.10. The number of hydrogen-bond donors (Lipinski definition) is 1. The number of hydrogen-bond acceptors (Lipinski definition) is 2. The highest BCUT2D eigenvalue weighted by atomic mass is 15.3. The van der Waals surface area contributed by atoms with Crippen molar-refractivity contribution in [3.63, 3.8) is 0 Å². The van der Waals surface area contributed by atoms with Gasteiger partial charge in [-0.05, 0) is 26.0 Å². The lowest BCUT2D eigenvalue weighted by molar-refractivity contribution is 0.380. The summed E-state index contributed by atoms with van der Waals surface area (Å²) < 4.78 is 1.99. The Balaban J connectivity index is 2.70. The molecule has 3 nitrogen and oxygen atoms in total. The van der Waals surface area contributed by atoms with Gasteiger partial charge in [-0.3, -0.25) is 4.68 Å². The van der Waals surface area contributed by atoms with E-state index in [9.17, 15) is 0 Å². The van der Waals surface area contributed by atoms with Crippen molar-refractivity contribution in [1.29, 1.82) is 0 Å². The van der Waals surface area contributed by atoms with E-state index in [0.29, 0.717) is 12.0 Å². The van der Waals surface area contributed by atoms with Crippen molar-refractivity contribution < 1.29 is 0 Å². The highest BCUT2D eigenvalue weighted by Gasteiger charge is 2.16. The molecule has 0 aliphatic carbocycles. The van der Waals surface area contributed by atoms with Crippen LogP contribution in [0.15, 0.2) is 6.07 Å². The first-order valence-electron chi connectivity index (χ1n) is 5.75. The van der Waals surface area contributed by atoms with Gasteiger partial charge in [0.1, 0.15) is 0 Å². The molecule has 1 aromatic heterocycles. The number of rotatable bonds is 5. The molecule has 0 aromatic carbocycles. The molecule has 1 heterocycles. The largest absolute Gasteiger partial charge is 0.316 e. The van der Waals surface area contributed by atoms with Crippen LogP contribution in [0.5, 0.6) is 0 Å². The third-order valence-corrected chi connectivity index (χ3v) is 3.23. The molecule has 0 saturated carbocycles. The molecule has 2 atom stereocenters. The quantitative estimate of drug-likeness (QED) is 0.802. The molecule has 0 spiro atoms. The molecule has 86 valence electrons. The second-order valence-electron chi connectivity index (χ2n) is 4.39. The van der Waals surface area contributed by atoms with Crippen molar-refractivity contribution in [2.75, 3.05) is 7.05 Å². The molecule has 0 radical (unpaired) electrons. The topological polar surface area (TPSA) is 29.9 Å². The third-order valence-electron chi connectivity index (χ3n) is 3.23. The van der Waals surface area contributed by atoms with Crippen LogP contribution in [-0.4, -0.2) is 22.9 Å². The Morgan fingerprint density at radius 3 is 2.60 bits per heavy atom. The lowest BCUT2D eigenvalue weighted by Crippen LogP contribution is -2.34. The molecule has 15 heavy (non-hydrogen) atoms. The number of aryl methyl sites for hydroxylation is 2. The van der Waals surface area contributed by atoms with Crippen LogP contribution in [0.25, 0.3) is 0 Å². The Morgan fingerprint density at radius 2 is 2.20 bits per heavy atom. The SMILES string of the molecule is CCC(C)C(Cc1cc(C)nn1C)NC. The number of nitrogens with zero attached hydrogens (tertiary/aromatic N) is 2. The summed E-state index contributed by atoms with van der Waals surface area (Å²) in [6, 6.07) is 2.72. The summed E-state index contributed by atoms with van der Waals surface area (Å²) >= 11 is 0. The minimum Gasteiger partial charge on any atom is -0.316 e.